The molecule has 0 fully saturated rings. The van der Waals surface area contributed by atoms with Gasteiger partial charge in [-0.2, -0.15) is 0 Å². The van der Waals surface area contributed by atoms with Gasteiger partial charge < -0.3 is 4.52 Å². The summed E-state index contributed by atoms with van der Waals surface area (Å²) in [5.74, 6) is 1.46. The minimum absolute atomic E-state index is 0.255. The minimum atomic E-state index is -0.721. The molecule has 0 aliphatic heterocycles. The van der Waals surface area contributed by atoms with Crippen molar-refractivity contribution < 1.29 is 14.2 Å². The maximum atomic E-state index is 11.7. The molecule has 26 heavy (non-hydrogen) atoms. The predicted molar refractivity (Wildman–Crippen MR) is 92.3 cm³/mol. The number of nitrogens with zero attached hydrogens (tertiary/aromatic N) is 6. The maximum absolute atomic E-state index is 11.7. The first-order chi connectivity index (χ1) is 12.5. The molecular weight excluding hydrogens is 362 g/mol. The lowest BCUT2D eigenvalue weighted by Crippen LogP contribution is -2.12. The predicted octanol–water partition coefficient (Wildman–Crippen LogP) is 2.78. The van der Waals surface area contributed by atoms with Gasteiger partial charge in [-0.15, -0.1) is 15.0 Å². The molecule has 0 radical (unpaired) electrons. The summed E-state index contributed by atoms with van der Waals surface area (Å²) in [6.45, 7) is 3.44. The molecule has 0 saturated heterocycles. The van der Waals surface area contributed by atoms with Gasteiger partial charge in [0.15, 0.2) is 5.82 Å². The van der Waals surface area contributed by atoms with Gasteiger partial charge in [-0.25, -0.2) is 4.79 Å². The fourth-order valence-corrected chi connectivity index (χ4v) is 2.04. The zero-order valence-electron chi connectivity index (χ0n) is 13.9. The smallest absolute Gasteiger partial charge is 0.359 e. The minimum Gasteiger partial charge on any atom is -0.359 e. The molecule has 2 heterocycles. The number of carbonyl (C=O) groups excluding carboxylic acids is 1. The van der Waals surface area contributed by atoms with Gasteiger partial charge in [-0.1, -0.05) is 21.9 Å². The highest BCUT2D eigenvalue weighted by Gasteiger charge is 2.10. The third kappa shape index (κ3) is 4.63. The van der Waals surface area contributed by atoms with E-state index in [-0.39, 0.29) is 6.42 Å². The molecule has 10 nitrogen and oxygen atoms in total. The molecule has 0 aliphatic rings. The van der Waals surface area contributed by atoms with Crippen molar-refractivity contribution in [3.8, 4) is 5.82 Å². The van der Waals surface area contributed by atoms with Crippen molar-refractivity contribution in [2.45, 2.75) is 20.3 Å². The highest BCUT2D eigenvalue weighted by atomic mass is 35.5. The number of halogens is 1. The van der Waals surface area contributed by atoms with Crippen LogP contribution in [0.1, 0.15) is 18.5 Å². The summed E-state index contributed by atoms with van der Waals surface area (Å²) >= 11 is 5.78. The lowest BCUT2D eigenvalue weighted by molar-refractivity contribution is 0.166. The monoisotopic (exact) mass is 375 g/mol. The fraction of sp³-hybridized carbons (Fsp3) is 0.200. The Kier molecular flexibility index (Phi) is 5.23. The molecule has 1 N–H and O–H groups in total. The summed E-state index contributed by atoms with van der Waals surface area (Å²) in [6, 6.07) is 8.27. The van der Waals surface area contributed by atoms with E-state index in [9.17, 15) is 4.79 Å². The number of benzene rings is 1. The summed E-state index contributed by atoms with van der Waals surface area (Å²) in [7, 11) is 0. The van der Waals surface area contributed by atoms with Crippen LogP contribution in [-0.4, -0.2) is 37.2 Å². The second-order valence-corrected chi connectivity index (χ2v) is 5.74. The van der Waals surface area contributed by atoms with E-state index in [0.717, 1.165) is 0 Å². The number of hydrogen-bond acceptors (Lipinski definition) is 8. The number of anilines is 1. The third-order valence-electron chi connectivity index (χ3n) is 3.06. The molecule has 0 aliphatic carbocycles. The Morgan fingerprint density at radius 1 is 1.38 bits per heavy atom. The molecule has 3 rings (SSSR count). The Balaban J connectivity index is 1.54. The van der Waals surface area contributed by atoms with E-state index in [1.807, 2.05) is 0 Å². The second-order valence-electron chi connectivity index (χ2n) is 5.30. The van der Waals surface area contributed by atoms with Crippen LogP contribution in [-0.2, 0) is 11.3 Å². The van der Waals surface area contributed by atoms with Crippen molar-refractivity contribution in [1.29, 1.82) is 0 Å². The van der Waals surface area contributed by atoms with Crippen LogP contribution in [0.3, 0.4) is 0 Å². The number of aryl methyl sites for hydroxylation is 1. The molecule has 1 amide bonds. The first-order valence-electron chi connectivity index (χ1n) is 7.49. The fourth-order valence-electron chi connectivity index (χ4n) is 1.91. The van der Waals surface area contributed by atoms with Gasteiger partial charge in [0.2, 0.25) is 5.82 Å². The van der Waals surface area contributed by atoms with E-state index in [0.29, 0.717) is 33.8 Å². The van der Waals surface area contributed by atoms with E-state index < -0.39 is 6.09 Å². The number of nitrogens with one attached hydrogen (secondary N) is 1. The van der Waals surface area contributed by atoms with Crippen LogP contribution in [0.15, 0.2) is 40.0 Å². The van der Waals surface area contributed by atoms with Crippen molar-refractivity contribution in [3.05, 3.63) is 46.9 Å². The summed E-state index contributed by atoms with van der Waals surface area (Å²) in [4.78, 5) is 17.7. The first-order valence-corrected chi connectivity index (χ1v) is 7.87. The largest absolute Gasteiger partial charge is 0.437 e. The normalized spacial score (nSPS) is 11.4. The Morgan fingerprint density at radius 2 is 2.15 bits per heavy atom. The summed E-state index contributed by atoms with van der Waals surface area (Å²) in [6.07, 6.45) is -0.466. The van der Waals surface area contributed by atoms with Crippen LogP contribution in [0.5, 0.6) is 0 Å². The van der Waals surface area contributed by atoms with Gasteiger partial charge in [0.1, 0.15) is 5.76 Å². The second kappa shape index (κ2) is 7.74. The SMILES string of the molecule is C/C(Cc1nnn(-c2cc(C)on2)n1)=N\OC(=O)Nc1ccc(Cl)cc1. The van der Waals surface area contributed by atoms with Gasteiger partial charge in [-0.3, -0.25) is 10.2 Å². The van der Waals surface area contributed by atoms with Crippen molar-refractivity contribution in [3.63, 3.8) is 0 Å². The van der Waals surface area contributed by atoms with Gasteiger partial charge in [0, 0.05) is 16.8 Å². The topological polar surface area (TPSA) is 120 Å². The van der Waals surface area contributed by atoms with Gasteiger partial charge in [-0.05, 0) is 43.3 Å². The van der Waals surface area contributed by atoms with Crippen LogP contribution in [0.4, 0.5) is 10.5 Å². The molecule has 3 aromatic rings. The zero-order valence-corrected chi connectivity index (χ0v) is 14.6. The van der Waals surface area contributed by atoms with E-state index in [2.05, 4.69) is 31.0 Å². The Labute approximate surface area is 152 Å². The number of oxime groups is 1. The van der Waals surface area contributed by atoms with Crippen LogP contribution < -0.4 is 5.32 Å². The quantitative estimate of drug-likeness (QED) is 0.413. The molecule has 0 spiro atoms. The van der Waals surface area contributed by atoms with Crippen molar-refractivity contribution in [1.82, 2.24) is 25.4 Å². The molecule has 0 bridgehead atoms. The molecule has 11 heteroatoms. The number of carbonyl (C=O) groups is 1. The summed E-state index contributed by atoms with van der Waals surface area (Å²) in [5, 5.41) is 22.6. The summed E-state index contributed by atoms with van der Waals surface area (Å²) in [5.41, 5.74) is 1.03. The molecule has 0 unspecified atom stereocenters. The number of hydrogen-bond donors (Lipinski definition) is 1. The lowest BCUT2D eigenvalue weighted by Gasteiger charge is -2.03. The lowest BCUT2D eigenvalue weighted by atomic mass is 10.3. The number of aromatic nitrogens is 5. The number of amides is 1. The van der Waals surface area contributed by atoms with Crippen molar-refractivity contribution in [2.24, 2.45) is 5.16 Å². The van der Waals surface area contributed by atoms with Gasteiger partial charge in [0.05, 0.1) is 12.1 Å². The van der Waals surface area contributed by atoms with Gasteiger partial charge >= 0.3 is 6.09 Å². The maximum Gasteiger partial charge on any atom is 0.437 e. The zero-order chi connectivity index (χ0) is 18.5. The van der Waals surface area contributed by atoms with Crippen LogP contribution in [0, 0.1) is 6.92 Å². The highest BCUT2D eigenvalue weighted by molar-refractivity contribution is 6.30. The average Bonchev–Trinajstić information content (AvgIpc) is 3.24. The van der Waals surface area contributed by atoms with Crippen molar-refractivity contribution >= 4 is 29.1 Å². The number of rotatable bonds is 5. The third-order valence-corrected chi connectivity index (χ3v) is 3.32. The molecule has 1 aromatic carbocycles. The summed E-state index contributed by atoms with van der Waals surface area (Å²) < 4.78 is 4.96. The standard InChI is InChI=1S/C15H14ClN7O3/c1-9(20-26-15(24)17-12-5-3-11(16)4-6-12)7-13-18-22-23(19-13)14-8-10(2)25-21-14/h3-6,8H,7H2,1-2H3,(H,17,24)/b20-9+. The molecule has 0 saturated carbocycles. The van der Waals surface area contributed by atoms with E-state index in [1.165, 1.54) is 4.80 Å². The van der Waals surface area contributed by atoms with Crippen molar-refractivity contribution in [2.75, 3.05) is 5.32 Å². The average molecular weight is 376 g/mol. The molecule has 0 atom stereocenters. The highest BCUT2D eigenvalue weighted by Crippen LogP contribution is 2.13. The van der Waals surface area contributed by atoms with Crippen LogP contribution in [0.2, 0.25) is 5.02 Å². The van der Waals surface area contributed by atoms with E-state index in [4.69, 9.17) is 21.0 Å². The number of tetrazole rings is 1. The Bertz CT molecular complexity index is 933. The molecule has 134 valence electrons. The first kappa shape index (κ1) is 17.5. The molecule has 2 aromatic heterocycles. The van der Waals surface area contributed by atoms with Crippen LogP contribution >= 0.6 is 11.6 Å². The molecular formula is C15H14ClN7O3. The Morgan fingerprint density at radius 3 is 2.85 bits per heavy atom. The van der Waals surface area contributed by atoms with E-state index >= 15 is 0 Å². The Hall–Kier alpha value is -3.27. The van der Waals surface area contributed by atoms with E-state index in [1.54, 1.807) is 44.2 Å². The van der Waals surface area contributed by atoms with Crippen LogP contribution in [0.25, 0.3) is 5.82 Å². The van der Waals surface area contributed by atoms with Gasteiger partial charge in [0.25, 0.3) is 0 Å².